The van der Waals surface area contributed by atoms with Gasteiger partial charge in [-0.25, -0.2) is 0 Å². The first-order chi connectivity index (χ1) is 7.76. The van der Waals surface area contributed by atoms with Gasteiger partial charge in [0.05, 0.1) is 12.6 Å². The van der Waals surface area contributed by atoms with Gasteiger partial charge in [-0.05, 0) is 38.6 Å². The number of aliphatic hydroxyl groups excluding tert-OH is 1. The second-order valence-electron chi connectivity index (χ2n) is 5.72. The molecule has 0 aromatic rings. The second kappa shape index (κ2) is 5.41. The minimum absolute atomic E-state index is 0.174. The molecule has 1 aliphatic heterocycles. The molecule has 0 aromatic carbocycles. The van der Waals surface area contributed by atoms with Crippen molar-refractivity contribution in [3.8, 4) is 0 Å². The molecule has 0 radical (unpaired) electrons. The average molecular weight is 259 g/mol. The van der Waals surface area contributed by atoms with Gasteiger partial charge < -0.3 is 14.3 Å². The number of ether oxygens (including phenoxy) is 1. The van der Waals surface area contributed by atoms with Crippen molar-refractivity contribution in [3.63, 3.8) is 0 Å². The Morgan fingerprint density at radius 1 is 1.47 bits per heavy atom. The molecule has 5 heteroatoms. The van der Waals surface area contributed by atoms with Gasteiger partial charge in [-0.3, -0.25) is 4.90 Å². The molecule has 0 aromatic heterocycles. The van der Waals surface area contributed by atoms with Crippen LogP contribution in [0.1, 0.15) is 20.8 Å². The van der Waals surface area contributed by atoms with E-state index in [9.17, 15) is 5.11 Å². The monoisotopic (exact) mass is 259 g/mol. The summed E-state index contributed by atoms with van der Waals surface area (Å²) in [4.78, 5) is 1.85. The highest BCUT2D eigenvalue weighted by atomic mass is 28.4. The fourth-order valence-electron chi connectivity index (χ4n) is 1.87. The van der Waals surface area contributed by atoms with E-state index in [1.807, 2.05) is 17.9 Å². The van der Waals surface area contributed by atoms with Crippen LogP contribution < -0.4 is 0 Å². The highest BCUT2D eigenvalue weighted by Gasteiger charge is 2.38. The third-order valence-corrected chi connectivity index (χ3v) is 3.51. The lowest BCUT2D eigenvalue weighted by atomic mass is 10.1. The number of nitrogens with zero attached hydrogens (tertiary/aromatic N) is 1. The molecule has 0 spiro atoms. The van der Waals surface area contributed by atoms with Crippen LogP contribution in [0.25, 0.3) is 0 Å². The normalized spacial score (nSPS) is 26.8. The van der Waals surface area contributed by atoms with E-state index in [0.29, 0.717) is 12.5 Å². The van der Waals surface area contributed by atoms with Crippen LogP contribution in [0.4, 0.5) is 0 Å². The molecular formula is C12H25NO3Si. The van der Waals surface area contributed by atoms with Gasteiger partial charge in [0.2, 0.25) is 14.7 Å². The summed E-state index contributed by atoms with van der Waals surface area (Å²) in [7, 11) is -1.68. The zero-order valence-electron chi connectivity index (χ0n) is 11.7. The first kappa shape index (κ1) is 14.5. The zero-order valence-corrected chi connectivity index (χ0v) is 12.7. The van der Waals surface area contributed by atoms with E-state index < -0.39 is 14.7 Å². The fourth-order valence-corrected chi connectivity index (χ4v) is 2.72. The minimum atomic E-state index is -1.68. The van der Waals surface area contributed by atoms with Crippen LogP contribution in [0.5, 0.6) is 0 Å². The van der Waals surface area contributed by atoms with Gasteiger partial charge in [0, 0.05) is 0 Å². The molecular weight excluding hydrogens is 234 g/mol. The summed E-state index contributed by atoms with van der Waals surface area (Å²) in [6, 6.07) is 0.174. The molecule has 1 aliphatic rings. The molecule has 1 fully saturated rings. The predicted molar refractivity (Wildman–Crippen MR) is 70.6 cm³/mol. The molecule has 0 saturated carbocycles. The molecule has 0 bridgehead atoms. The Balaban J connectivity index is 2.86. The van der Waals surface area contributed by atoms with Crippen LogP contribution in [0.2, 0.25) is 19.6 Å². The fraction of sp³-hybridized carbons (Fsp3) is 0.833. The van der Waals surface area contributed by atoms with Gasteiger partial charge in [0.25, 0.3) is 0 Å². The number of hydrogen-bond donors (Lipinski definition) is 1. The van der Waals surface area contributed by atoms with Crippen molar-refractivity contribution in [3.05, 3.63) is 12.0 Å². The van der Waals surface area contributed by atoms with Gasteiger partial charge in [0.15, 0.2) is 5.88 Å². The summed E-state index contributed by atoms with van der Waals surface area (Å²) in [5.74, 6) is 1.15. The lowest BCUT2D eigenvalue weighted by molar-refractivity contribution is -0.135. The number of aliphatic hydroxyl groups is 1. The van der Waals surface area contributed by atoms with Crippen molar-refractivity contribution in [1.29, 1.82) is 0 Å². The third-order valence-electron chi connectivity index (χ3n) is 2.69. The molecule has 0 amide bonds. The quantitative estimate of drug-likeness (QED) is 0.621. The molecule has 2 atom stereocenters. The first-order valence-electron chi connectivity index (χ1n) is 6.19. The van der Waals surface area contributed by atoms with Crippen molar-refractivity contribution >= 4 is 8.32 Å². The first-order valence-corrected chi connectivity index (χ1v) is 9.60. The molecule has 1 N–H and O–H groups in total. The van der Waals surface area contributed by atoms with E-state index in [0.717, 1.165) is 5.88 Å². The summed E-state index contributed by atoms with van der Waals surface area (Å²) < 4.78 is 11.3. The van der Waals surface area contributed by atoms with Crippen molar-refractivity contribution in [2.24, 2.45) is 5.92 Å². The smallest absolute Gasteiger partial charge is 0.244 e. The summed E-state index contributed by atoms with van der Waals surface area (Å²) >= 11 is 0. The summed E-state index contributed by atoms with van der Waals surface area (Å²) in [5.41, 5.74) is 0. The second-order valence-corrected chi connectivity index (χ2v) is 10.1. The summed E-state index contributed by atoms with van der Waals surface area (Å²) in [5, 5.41) is 9.90. The summed E-state index contributed by atoms with van der Waals surface area (Å²) in [6.07, 6.45) is 1.02. The SMILES string of the molecule is C/C=C(\O[Si](C)(C)C)N1C(O)OC[C@H]1C(C)C. The maximum absolute atomic E-state index is 9.90. The van der Waals surface area contributed by atoms with Gasteiger partial charge in [-0.15, -0.1) is 0 Å². The summed E-state index contributed by atoms with van der Waals surface area (Å²) in [6.45, 7) is 13.1. The molecule has 1 heterocycles. The van der Waals surface area contributed by atoms with Crippen molar-refractivity contribution in [2.75, 3.05) is 6.61 Å². The third kappa shape index (κ3) is 3.72. The van der Waals surface area contributed by atoms with Gasteiger partial charge >= 0.3 is 0 Å². The maximum Gasteiger partial charge on any atom is 0.244 e. The average Bonchev–Trinajstić information content (AvgIpc) is 2.55. The lowest BCUT2D eigenvalue weighted by Crippen LogP contribution is -2.42. The highest BCUT2D eigenvalue weighted by Crippen LogP contribution is 2.28. The Hall–Kier alpha value is -0.523. The van der Waals surface area contributed by atoms with Crippen LogP contribution in [0.15, 0.2) is 12.0 Å². The van der Waals surface area contributed by atoms with Gasteiger partial charge in [-0.2, -0.15) is 0 Å². The van der Waals surface area contributed by atoms with Gasteiger partial charge in [-0.1, -0.05) is 13.8 Å². The Morgan fingerprint density at radius 3 is 2.47 bits per heavy atom. The van der Waals surface area contributed by atoms with E-state index in [-0.39, 0.29) is 6.04 Å². The molecule has 1 unspecified atom stereocenters. The maximum atomic E-state index is 9.90. The largest absolute Gasteiger partial charge is 0.533 e. The topological polar surface area (TPSA) is 41.9 Å². The van der Waals surface area contributed by atoms with Crippen molar-refractivity contribution in [1.82, 2.24) is 4.90 Å². The zero-order chi connectivity index (χ0) is 13.2. The van der Waals surface area contributed by atoms with Crippen molar-refractivity contribution < 1.29 is 14.3 Å². The molecule has 1 rings (SSSR count). The van der Waals surface area contributed by atoms with Crippen LogP contribution in [-0.4, -0.2) is 37.4 Å². The standard InChI is InChI=1S/C12H25NO3Si/c1-7-11(16-17(4,5)6)13-10(9(2)3)8-15-12(13)14/h7,9-10,12,14H,8H2,1-6H3/b11-7-/t10-,12?/m0/s1. The van der Waals surface area contributed by atoms with Crippen LogP contribution >= 0.6 is 0 Å². The van der Waals surface area contributed by atoms with E-state index in [1.165, 1.54) is 0 Å². The van der Waals surface area contributed by atoms with Crippen LogP contribution in [-0.2, 0) is 9.16 Å². The van der Waals surface area contributed by atoms with E-state index in [1.54, 1.807) is 0 Å². The number of rotatable bonds is 4. The Morgan fingerprint density at radius 2 is 2.06 bits per heavy atom. The molecule has 4 nitrogen and oxygen atoms in total. The molecule has 17 heavy (non-hydrogen) atoms. The Labute approximate surface area is 105 Å². The number of allylic oxidation sites excluding steroid dienone is 1. The lowest BCUT2D eigenvalue weighted by Gasteiger charge is -2.34. The Kier molecular flexibility index (Phi) is 4.63. The molecule has 100 valence electrons. The van der Waals surface area contributed by atoms with Gasteiger partial charge in [0.1, 0.15) is 0 Å². The minimum Gasteiger partial charge on any atom is -0.533 e. The predicted octanol–water partition coefficient (Wildman–Crippen LogP) is 2.33. The number of hydrogen-bond acceptors (Lipinski definition) is 4. The van der Waals surface area contributed by atoms with E-state index >= 15 is 0 Å². The van der Waals surface area contributed by atoms with Crippen LogP contribution in [0, 0.1) is 5.92 Å². The van der Waals surface area contributed by atoms with E-state index in [2.05, 4.69) is 33.5 Å². The Bertz CT molecular complexity index is 286. The van der Waals surface area contributed by atoms with Crippen molar-refractivity contribution in [2.45, 2.75) is 52.9 Å². The van der Waals surface area contributed by atoms with Crippen LogP contribution in [0.3, 0.4) is 0 Å². The highest BCUT2D eigenvalue weighted by molar-refractivity contribution is 6.70. The molecule has 0 aliphatic carbocycles. The van der Waals surface area contributed by atoms with E-state index in [4.69, 9.17) is 9.16 Å². The molecule has 1 saturated heterocycles.